The molecule has 10 heteroatoms. The van der Waals surface area contributed by atoms with Gasteiger partial charge in [0, 0.05) is 13.1 Å². The number of nitrogens with zero attached hydrogens (tertiary/aromatic N) is 3. The van der Waals surface area contributed by atoms with Crippen LogP contribution in [0.15, 0.2) is 46.0 Å². The highest BCUT2D eigenvalue weighted by Crippen LogP contribution is 2.14. The first-order chi connectivity index (χ1) is 13.2. The maximum Gasteiger partial charge on any atom is 0.216 e. The Kier molecular flexibility index (Phi) is 8.36. The summed E-state index contributed by atoms with van der Waals surface area (Å²) in [5.41, 5.74) is 0.316. The second-order valence-corrected chi connectivity index (χ2v) is 5.69. The monoisotopic (exact) mass is 502 g/mol. The average Bonchev–Trinajstić information content (AvgIpc) is 3.34. The quantitative estimate of drug-likeness (QED) is 0.262. The second-order valence-electron chi connectivity index (χ2n) is 5.69. The van der Waals surface area contributed by atoms with Gasteiger partial charge >= 0.3 is 0 Å². The average molecular weight is 502 g/mol. The molecule has 150 valence electrons. The number of furan rings is 1. The minimum absolute atomic E-state index is 0. The maximum absolute atomic E-state index is 13.7. The molecule has 2 aromatic heterocycles. The Hall–Kier alpha value is -2.50. The van der Waals surface area contributed by atoms with Crippen molar-refractivity contribution in [3.8, 4) is 11.6 Å². The van der Waals surface area contributed by atoms with Gasteiger partial charge in [-0.05, 0) is 49.2 Å². The van der Waals surface area contributed by atoms with Crippen LogP contribution >= 0.6 is 24.0 Å². The standard InChI is InChI=1S/C18H20F2N6O.HI/c1-2-21-18(22-8-7-12-10-13(19)5-6-14(12)20)23-11-16-24-17(26-25-16)15-4-3-9-27-15;/h3-6,9-10H,2,7-8,11H2,1H3,(H2,21,22,23)(H,24,25,26);1H. The van der Waals surface area contributed by atoms with Crippen molar-refractivity contribution in [1.29, 1.82) is 0 Å². The summed E-state index contributed by atoms with van der Waals surface area (Å²) in [6, 6.07) is 6.97. The van der Waals surface area contributed by atoms with Crippen molar-refractivity contribution >= 4 is 29.9 Å². The minimum Gasteiger partial charge on any atom is -0.461 e. The number of benzene rings is 1. The summed E-state index contributed by atoms with van der Waals surface area (Å²) in [5, 5.41) is 13.1. The Balaban J connectivity index is 0.00000280. The zero-order chi connectivity index (χ0) is 19.1. The lowest BCUT2D eigenvalue weighted by atomic mass is 10.1. The molecule has 0 spiro atoms. The van der Waals surface area contributed by atoms with Gasteiger partial charge < -0.3 is 15.1 Å². The van der Waals surface area contributed by atoms with E-state index in [1.54, 1.807) is 18.4 Å². The van der Waals surface area contributed by atoms with Gasteiger partial charge in [0.1, 0.15) is 24.0 Å². The van der Waals surface area contributed by atoms with Crippen LogP contribution < -0.4 is 10.6 Å². The molecule has 0 saturated heterocycles. The van der Waals surface area contributed by atoms with Gasteiger partial charge in [0.2, 0.25) is 5.82 Å². The lowest BCUT2D eigenvalue weighted by Crippen LogP contribution is -2.38. The Morgan fingerprint density at radius 3 is 2.86 bits per heavy atom. The molecule has 0 atom stereocenters. The normalized spacial score (nSPS) is 11.2. The number of rotatable bonds is 7. The van der Waals surface area contributed by atoms with E-state index in [2.05, 4.69) is 30.8 Å². The van der Waals surface area contributed by atoms with Gasteiger partial charge in [0.15, 0.2) is 11.7 Å². The van der Waals surface area contributed by atoms with Crippen LogP contribution in [0.5, 0.6) is 0 Å². The predicted molar refractivity (Wildman–Crippen MR) is 112 cm³/mol. The van der Waals surface area contributed by atoms with E-state index in [0.29, 0.717) is 48.4 Å². The first-order valence-corrected chi connectivity index (χ1v) is 8.57. The Bertz CT molecular complexity index is 897. The van der Waals surface area contributed by atoms with E-state index in [4.69, 9.17) is 4.42 Å². The van der Waals surface area contributed by atoms with Gasteiger partial charge in [-0.3, -0.25) is 5.10 Å². The number of H-pyrrole nitrogens is 1. The van der Waals surface area contributed by atoms with Crippen LogP contribution in [0.3, 0.4) is 0 Å². The molecule has 28 heavy (non-hydrogen) atoms. The fourth-order valence-corrected chi connectivity index (χ4v) is 2.43. The molecule has 0 aliphatic rings. The summed E-state index contributed by atoms with van der Waals surface area (Å²) in [7, 11) is 0. The van der Waals surface area contributed by atoms with Crippen LogP contribution in [0, 0.1) is 11.6 Å². The fraction of sp³-hybridized carbons (Fsp3) is 0.278. The largest absolute Gasteiger partial charge is 0.461 e. The number of aliphatic imine (C=N–C) groups is 1. The number of nitrogens with one attached hydrogen (secondary N) is 3. The highest BCUT2D eigenvalue weighted by atomic mass is 127. The van der Waals surface area contributed by atoms with Crippen molar-refractivity contribution in [2.24, 2.45) is 4.99 Å². The van der Waals surface area contributed by atoms with Gasteiger partial charge in [-0.15, -0.1) is 29.1 Å². The van der Waals surface area contributed by atoms with Crippen LogP contribution in [0.4, 0.5) is 8.78 Å². The van der Waals surface area contributed by atoms with Gasteiger partial charge in [0.25, 0.3) is 0 Å². The van der Waals surface area contributed by atoms with Crippen molar-refractivity contribution in [1.82, 2.24) is 25.8 Å². The summed E-state index contributed by atoms with van der Waals surface area (Å²) in [6.07, 6.45) is 1.89. The smallest absolute Gasteiger partial charge is 0.216 e. The number of aromatic nitrogens is 3. The lowest BCUT2D eigenvalue weighted by Gasteiger charge is -2.11. The number of guanidine groups is 1. The van der Waals surface area contributed by atoms with Gasteiger partial charge in [-0.1, -0.05) is 0 Å². The van der Waals surface area contributed by atoms with Crippen LogP contribution in [0.25, 0.3) is 11.6 Å². The zero-order valence-electron chi connectivity index (χ0n) is 15.2. The van der Waals surface area contributed by atoms with E-state index in [9.17, 15) is 8.78 Å². The van der Waals surface area contributed by atoms with Crippen molar-refractivity contribution in [3.05, 3.63) is 59.6 Å². The Morgan fingerprint density at radius 2 is 2.11 bits per heavy atom. The van der Waals surface area contributed by atoms with Crippen molar-refractivity contribution in [3.63, 3.8) is 0 Å². The summed E-state index contributed by atoms with van der Waals surface area (Å²) in [6.45, 7) is 3.28. The zero-order valence-corrected chi connectivity index (χ0v) is 17.5. The molecule has 3 aromatic rings. The molecule has 0 unspecified atom stereocenters. The molecule has 7 nitrogen and oxygen atoms in total. The molecule has 0 bridgehead atoms. The van der Waals surface area contributed by atoms with Crippen LogP contribution in [-0.4, -0.2) is 34.2 Å². The molecule has 0 saturated carbocycles. The first-order valence-electron chi connectivity index (χ1n) is 8.57. The van der Waals surface area contributed by atoms with Gasteiger partial charge in [0.05, 0.1) is 6.26 Å². The molecule has 0 fully saturated rings. The van der Waals surface area contributed by atoms with E-state index in [-0.39, 0.29) is 30.5 Å². The highest BCUT2D eigenvalue weighted by Gasteiger charge is 2.08. The van der Waals surface area contributed by atoms with Gasteiger partial charge in [-0.2, -0.15) is 0 Å². The third-order valence-corrected chi connectivity index (χ3v) is 3.70. The molecular formula is C18H21F2IN6O. The van der Waals surface area contributed by atoms with Crippen molar-refractivity contribution < 1.29 is 13.2 Å². The van der Waals surface area contributed by atoms with Gasteiger partial charge in [-0.25, -0.2) is 18.8 Å². The number of halogens is 3. The SMILES string of the molecule is CCNC(=NCc1nc(-c2ccco2)n[nH]1)NCCc1cc(F)ccc1F.I. The van der Waals surface area contributed by atoms with Crippen LogP contribution in [0.2, 0.25) is 0 Å². The van der Waals surface area contributed by atoms with Crippen molar-refractivity contribution in [2.45, 2.75) is 19.9 Å². The minimum atomic E-state index is -0.454. The number of hydrogen-bond donors (Lipinski definition) is 3. The van der Waals surface area contributed by atoms with Crippen LogP contribution in [-0.2, 0) is 13.0 Å². The summed E-state index contributed by atoms with van der Waals surface area (Å²) in [4.78, 5) is 8.73. The Morgan fingerprint density at radius 1 is 1.25 bits per heavy atom. The molecule has 0 aliphatic carbocycles. The molecule has 3 rings (SSSR count). The van der Waals surface area contributed by atoms with E-state index in [1.165, 1.54) is 6.07 Å². The Labute approximate surface area is 178 Å². The lowest BCUT2D eigenvalue weighted by molar-refractivity contribution is 0.577. The molecule has 2 heterocycles. The summed E-state index contributed by atoms with van der Waals surface area (Å²) in [5.74, 6) is 1.28. The molecule has 0 amide bonds. The summed E-state index contributed by atoms with van der Waals surface area (Å²) < 4.78 is 32.1. The second kappa shape index (κ2) is 10.7. The van der Waals surface area contributed by atoms with E-state index in [1.807, 2.05) is 6.92 Å². The molecular weight excluding hydrogens is 481 g/mol. The molecule has 0 radical (unpaired) electrons. The topological polar surface area (TPSA) is 91.1 Å². The third kappa shape index (κ3) is 6.01. The van der Waals surface area contributed by atoms with E-state index >= 15 is 0 Å². The first kappa shape index (κ1) is 21.8. The summed E-state index contributed by atoms with van der Waals surface area (Å²) >= 11 is 0. The van der Waals surface area contributed by atoms with E-state index in [0.717, 1.165) is 12.1 Å². The maximum atomic E-state index is 13.7. The van der Waals surface area contributed by atoms with Crippen LogP contribution in [0.1, 0.15) is 18.3 Å². The van der Waals surface area contributed by atoms with Crippen molar-refractivity contribution in [2.75, 3.05) is 13.1 Å². The third-order valence-electron chi connectivity index (χ3n) is 3.70. The molecule has 1 aromatic carbocycles. The molecule has 0 aliphatic heterocycles. The molecule has 3 N–H and O–H groups in total. The number of hydrogen-bond acceptors (Lipinski definition) is 4. The fourth-order valence-electron chi connectivity index (χ4n) is 2.43. The van der Waals surface area contributed by atoms with E-state index < -0.39 is 11.6 Å². The number of aromatic amines is 1. The highest BCUT2D eigenvalue weighted by molar-refractivity contribution is 14.0. The predicted octanol–water partition coefficient (Wildman–Crippen LogP) is 3.26.